The molecule has 0 heterocycles. The molecule has 0 saturated heterocycles. The highest BCUT2D eigenvalue weighted by molar-refractivity contribution is 9.10. The van der Waals surface area contributed by atoms with E-state index < -0.39 is 0 Å². The zero-order chi connectivity index (χ0) is 11.5. The predicted molar refractivity (Wildman–Crippen MR) is 66.1 cm³/mol. The van der Waals surface area contributed by atoms with Gasteiger partial charge in [0.25, 0.3) is 0 Å². The van der Waals surface area contributed by atoms with Crippen molar-refractivity contribution in [3.05, 3.63) is 0 Å². The third-order valence-electron chi connectivity index (χ3n) is 2.20. The van der Waals surface area contributed by atoms with Crippen LogP contribution in [0.3, 0.4) is 0 Å². The zero-order valence-corrected chi connectivity index (χ0v) is 11.1. The van der Waals surface area contributed by atoms with Gasteiger partial charge < -0.3 is 10.5 Å². The lowest BCUT2D eigenvalue weighted by molar-refractivity contribution is -0.142. The molecule has 0 saturated carbocycles. The number of esters is 1. The Bertz CT molecular complexity index is 165. The van der Waals surface area contributed by atoms with Gasteiger partial charge in [0, 0.05) is 0 Å². The number of hydrogen-bond donors (Lipinski definition) is 1. The van der Waals surface area contributed by atoms with Crippen LogP contribution in [0.15, 0.2) is 0 Å². The lowest BCUT2D eigenvalue weighted by Crippen LogP contribution is -2.17. The molecule has 0 bridgehead atoms. The smallest absolute Gasteiger partial charge is 0.319 e. The Hall–Kier alpha value is -0.0900. The van der Waals surface area contributed by atoms with Crippen LogP contribution in [0.2, 0.25) is 0 Å². The minimum atomic E-state index is -0.139. The molecular weight excluding hydrogens is 258 g/mol. The number of carbonyl (C=O) groups is 1. The van der Waals surface area contributed by atoms with Gasteiger partial charge in [-0.25, -0.2) is 0 Å². The summed E-state index contributed by atoms with van der Waals surface area (Å²) in [4.78, 5) is 11.1. The number of unbranched alkanes of at least 4 members (excludes halogenated alkanes) is 4. The van der Waals surface area contributed by atoms with Gasteiger partial charge in [-0.3, -0.25) is 4.79 Å². The number of halogens is 1. The number of hydrogen-bond acceptors (Lipinski definition) is 3. The quantitative estimate of drug-likeness (QED) is 0.401. The second kappa shape index (κ2) is 10.4. The highest BCUT2D eigenvalue weighted by Gasteiger charge is 2.14. The molecule has 0 aromatic rings. The summed E-state index contributed by atoms with van der Waals surface area (Å²) in [6, 6.07) is 0. The molecule has 0 aromatic heterocycles. The second-order valence-electron chi connectivity index (χ2n) is 3.56. The summed E-state index contributed by atoms with van der Waals surface area (Å²) < 4.78 is 4.90. The van der Waals surface area contributed by atoms with Gasteiger partial charge in [-0.15, -0.1) is 0 Å². The first-order valence-corrected chi connectivity index (χ1v) is 6.64. The van der Waals surface area contributed by atoms with Crippen LogP contribution >= 0.6 is 15.9 Å². The van der Waals surface area contributed by atoms with Gasteiger partial charge in [-0.2, -0.15) is 0 Å². The fraction of sp³-hybridized carbons (Fsp3) is 0.909. The van der Waals surface area contributed by atoms with Crippen molar-refractivity contribution in [2.75, 3.05) is 13.2 Å². The Morgan fingerprint density at radius 2 is 1.87 bits per heavy atom. The normalized spacial score (nSPS) is 12.5. The first-order chi connectivity index (χ1) is 7.22. The van der Waals surface area contributed by atoms with E-state index in [9.17, 15) is 4.79 Å². The molecule has 4 heteroatoms. The van der Waals surface area contributed by atoms with E-state index in [0.29, 0.717) is 6.61 Å². The Balaban J connectivity index is 3.30. The van der Waals surface area contributed by atoms with Gasteiger partial charge in [0.15, 0.2) is 0 Å². The average Bonchev–Trinajstić information content (AvgIpc) is 2.23. The number of rotatable bonds is 9. The fourth-order valence-electron chi connectivity index (χ4n) is 1.35. The first-order valence-electron chi connectivity index (χ1n) is 5.73. The largest absolute Gasteiger partial charge is 0.465 e. The van der Waals surface area contributed by atoms with Crippen molar-refractivity contribution in [2.24, 2.45) is 5.73 Å². The van der Waals surface area contributed by atoms with Crippen LogP contribution < -0.4 is 5.73 Å². The first kappa shape index (κ1) is 14.9. The van der Waals surface area contributed by atoms with E-state index >= 15 is 0 Å². The maximum atomic E-state index is 11.2. The standard InChI is InChI=1S/C11H22BrNO2/c1-2-15-11(14)10(12)8-6-4-3-5-7-9-13/h10H,2-9,13H2,1H3. The van der Waals surface area contributed by atoms with Crippen LogP contribution in [-0.4, -0.2) is 23.9 Å². The molecule has 0 spiro atoms. The summed E-state index contributed by atoms with van der Waals surface area (Å²) in [6.45, 7) is 3.06. The molecule has 15 heavy (non-hydrogen) atoms. The summed E-state index contributed by atoms with van der Waals surface area (Å²) in [6.07, 6.45) is 6.61. The molecular formula is C11H22BrNO2. The SMILES string of the molecule is CCOC(=O)C(Br)CCCCCCCN. The number of carbonyl (C=O) groups excluding carboxylic acids is 1. The van der Waals surface area contributed by atoms with Gasteiger partial charge in [-0.05, 0) is 26.3 Å². The molecule has 0 fully saturated rings. The van der Waals surface area contributed by atoms with Crippen molar-refractivity contribution in [3.8, 4) is 0 Å². The van der Waals surface area contributed by atoms with Crippen molar-refractivity contribution in [2.45, 2.75) is 50.3 Å². The molecule has 0 amide bonds. The topological polar surface area (TPSA) is 52.3 Å². The van der Waals surface area contributed by atoms with Gasteiger partial charge >= 0.3 is 5.97 Å². The maximum absolute atomic E-state index is 11.2. The van der Waals surface area contributed by atoms with Crippen molar-refractivity contribution < 1.29 is 9.53 Å². The third-order valence-corrected chi connectivity index (χ3v) is 3.04. The fourth-order valence-corrected chi connectivity index (χ4v) is 1.80. The second-order valence-corrected chi connectivity index (χ2v) is 4.67. The van der Waals surface area contributed by atoms with E-state index in [4.69, 9.17) is 10.5 Å². The van der Waals surface area contributed by atoms with Gasteiger partial charge in [0.1, 0.15) is 4.83 Å². The number of alkyl halides is 1. The predicted octanol–water partition coefficient (Wildman–Crippen LogP) is 2.61. The van der Waals surface area contributed by atoms with E-state index in [-0.39, 0.29) is 10.8 Å². The molecule has 0 rings (SSSR count). The lowest BCUT2D eigenvalue weighted by atomic mass is 10.1. The number of ether oxygens (including phenoxy) is 1. The summed E-state index contributed by atoms with van der Waals surface area (Å²) in [5.41, 5.74) is 5.40. The molecule has 2 N–H and O–H groups in total. The molecule has 0 aliphatic carbocycles. The zero-order valence-electron chi connectivity index (χ0n) is 9.51. The van der Waals surface area contributed by atoms with E-state index in [1.165, 1.54) is 19.3 Å². The third kappa shape index (κ3) is 8.88. The van der Waals surface area contributed by atoms with Crippen LogP contribution in [0.4, 0.5) is 0 Å². The van der Waals surface area contributed by atoms with Crippen molar-refractivity contribution in [1.29, 1.82) is 0 Å². The van der Waals surface area contributed by atoms with Crippen LogP contribution in [0.1, 0.15) is 45.4 Å². The summed E-state index contributed by atoms with van der Waals surface area (Å²) in [5.74, 6) is -0.139. The van der Waals surface area contributed by atoms with E-state index in [1.807, 2.05) is 6.92 Å². The minimum Gasteiger partial charge on any atom is -0.465 e. The minimum absolute atomic E-state index is 0.132. The van der Waals surface area contributed by atoms with Gasteiger partial charge in [-0.1, -0.05) is 41.6 Å². The Morgan fingerprint density at radius 1 is 1.27 bits per heavy atom. The van der Waals surface area contributed by atoms with Gasteiger partial charge in [0.2, 0.25) is 0 Å². The molecule has 1 unspecified atom stereocenters. The Kier molecular flexibility index (Phi) is 10.4. The molecule has 0 aliphatic heterocycles. The Labute approximate surface area is 101 Å². The van der Waals surface area contributed by atoms with Crippen LogP contribution in [0, 0.1) is 0 Å². The Morgan fingerprint density at radius 3 is 2.47 bits per heavy atom. The molecule has 0 aromatic carbocycles. The highest BCUT2D eigenvalue weighted by Crippen LogP contribution is 2.13. The summed E-state index contributed by atoms with van der Waals surface area (Å²) in [5, 5.41) is 0. The van der Waals surface area contributed by atoms with E-state index in [2.05, 4.69) is 15.9 Å². The van der Waals surface area contributed by atoms with Crippen LogP contribution in [-0.2, 0) is 9.53 Å². The van der Waals surface area contributed by atoms with E-state index in [0.717, 1.165) is 25.8 Å². The monoisotopic (exact) mass is 279 g/mol. The van der Waals surface area contributed by atoms with Gasteiger partial charge in [0.05, 0.1) is 6.61 Å². The summed E-state index contributed by atoms with van der Waals surface area (Å²) in [7, 11) is 0. The average molecular weight is 280 g/mol. The maximum Gasteiger partial charge on any atom is 0.319 e. The lowest BCUT2D eigenvalue weighted by Gasteiger charge is -2.08. The van der Waals surface area contributed by atoms with Crippen molar-refractivity contribution in [1.82, 2.24) is 0 Å². The van der Waals surface area contributed by atoms with Crippen LogP contribution in [0.5, 0.6) is 0 Å². The molecule has 1 atom stereocenters. The number of nitrogens with two attached hydrogens (primary N) is 1. The molecule has 90 valence electrons. The van der Waals surface area contributed by atoms with Crippen molar-refractivity contribution in [3.63, 3.8) is 0 Å². The molecule has 3 nitrogen and oxygen atoms in total. The molecule has 0 aliphatic rings. The van der Waals surface area contributed by atoms with Crippen LogP contribution in [0.25, 0.3) is 0 Å². The van der Waals surface area contributed by atoms with Crippen molar-refractivity contribution >= 4 is 21.9 Å². The molecule has 0 radical (unpaired) electrons. The van der Waals surface area contributed by atoms with E-state index in [1.54, 1.807) is 0 Å². The summed E-state index contributed by atoms with van der Waals surface area (Å²) >= 11 is 3.33. The highest BCUT2D eigenvalue weighted by atomic mass is 79.9.